The first kappa shape index (κ1) is 11.1. The van der Waals surface area contributed by atoms with E-state index in [0.29, 0.717) is 6.42 Å². The van der Waals surface area contributed by atoms with E-state index in [1.165, 1.54) is 18.2 Å². The number of hydrogen-bond acceptors (Lipinski definition) is 3. The van der Waals surface area contributed by atoms with E-state index < -0.39 is 11.6 Å². The summed E-state index contributed by atoms with van der Waals surface area (Å²) in [5, 5.41) is 0. The minimum atomic E-state index is -0.633. The lowest BCUT2D eigenvalue weighted by Crippen LogP contribution is -2.37. The maximum Gasteiger partial charge on any atom is 0.233 e. The van der Waals surface area contributed by atoms with Crippen molar-refractivity contribution in [3.05, 3.63) is 35.6 Å². The molecule has 2 atom stereocenters. The number of likely N-dealkylation sites (tertiary alicyclic amines) is 1. The number of benzene rings is 1. The largest absolute Gasteiger partial charge is 0.292 e. The summed E-state index contributed by atoms with van der Waals surface area (Å²) in [6, 6.07) is 5.55. The molecule has 92 valence electrons. The van der Waals surface area contributed by atoms with Crippen molar-refractivity contribution in [2.75, 3.05) is 6.54 Å². The molecular weight excluding hydrogens is 237 g/mol. The normalized spacial score (nSPS) is 25.3. The topological polar surface area (TPSA) is 54.5 Å². The third-order valence-corrected chi connectivity index (χ3v) is 3.43. The Labute approximate surface area is 102 Å². The smallest absolute Gasteiger partial charge is 0.233 e. The van der Waals surface area contributed by atoms with Gasteiger partial charge in [0, 0.05) is 0 Å². The summed E-state index contributed by atoms with van der Waals surface area (Å²) in [7, 11) is 0. The van der Waals surface area contributed by atoms with Crippen LogP contribution in [0.3, 0.4) is 0 Å². The molecule has 0 bridgehead atoms. The van der Waals surface area contributed by atoms with Gasteiger partial charge in [0.1, 0.15) is 5.82 Å². The van der Waals surface area contributed by atoms with Crippen molar-refractivity contribution >= 4 is 17.6 Å². The average Bonchev–Trinajstić information content (AvgIpc) is 3.10. The van der Waals surface area contributed by atoms with Gasteiger partial charge in [-0.2, -0.15) is 0 Å². The van der Waals surface area contributed by atoms with Gasteiger partial charge in [-0.25, -0.2) is 4.39 Å². The van der Waals surface area contributed by atoms with Gasteiger partial charge in [0.05, 0.1) is 23.9 Å². The van der Waals surface area contributed by atoms with E-state index in [9.17, 15) is 18.8 Å². The Morgan fingerprint density at radius 1 is 1.22 bits per heavy atom. The standard InChI is InChI=1S/C13H10FNO3/c14-10-4-2-1-3-7(10)11(16)6-15-12(17)8-5-9(8)13(15)18/h1-4,8-9H,5-6H2. The molecule has 2 fully saturated rings. The molecule has 1 aromatic carbocycles. The fraction of sp³-hybridized carbons (Fsp3) is 0.308. The Bertz CT molecular complexity index is 549. The van der Waals surface area contributed by atoms with Gasteiger partial charge in [0.2, 0.25) is 11.8 Å². The van der Waals surface area contributed by atoms with Crippen molar-refractivity contribution in [1.82, 2.24) is 4.90 Å². The van der Waals surface area contributed by atoms with Gasteiger partial charge in [-0.05, 0) is 18.6 Å². The highest BCUT2D eigenvalue weighted by Gasteiger charge is 2.59. The monoisotopic (exact) mass is 247 g/mol. The van der Waals surface area contributed by atoms with Crippen LogP contribution in [0.1, 0.15) is 16.8 Å². The molecule has 1 aliphatic carbocycles. The van der Waals surface area contributed by atoms with E-state index in [4.69, 9.17) is 0 Å². The highest BCUT2D eigenvalue weighted by molar-refractivity contribution is 6.12. The van der Waals surface area contributed by atoms with E-state index in [1.54, 1.807) is 6.07 Å². The zero-order valence-corrected chi connectivity index (χ0v) is 9.43. The summed E-state index contributed by atoms with van der Waals surface area (Å²) in [5.74, 6) is -2.23. The molecular formula is C13H10FNO3. The van der Waals surface area contributed by atoms with E-state index in [-0.39, 0.29) is 35.8 Å². The third kappa shape index (κ3) is 1.54. The molecule has 3 rings (SSSR count). The summed E-state index contributed by atoms with van der Waals surface area (Å²) < 4.78 is 13.4. The number of carbonyl (C=O) groups is 3. The molecule has 18 heavy (non-hydrogen) atoms. The Morgan fingerprint density at radius 3 is 2.44 bits per heavy atom. The number of nitrogens with zero attached hydrogens (tertiary/aromatic N) is 1. The van der Waals surface area contributed by atoms with Crippen molar-refractivity contribution in [3.63, 3.8) is 0 Å². The maximum absolute atomic E-state index is 13.4. The Hall–Kier alpha value is -2.04. The van der Waals surface area contributed by atoms with Gasteiger partial charge >= 0.3 is 0 Å². The van der Waals surface area contributed by atoms with Crippen molar-refractivity contribution in [2.24, 2.45) is 11.8 Å². The minimum absolute atomic E-state index is 0.0846. The predicted octanol–water partition coefficient (Wildman–Crippen LogP) is 1.01. The van der Waals surface area contributed by atoms with Crippen molar-refractivity contribution in [1.29, 1.82) is 0 Å². The van der Waals surface area contributed by atoms with E-state index in [2.05, 4.69) is 0 Å². The van der Waals surface area contributed by atoms with Crippen LogP contribution in [0.25, 0.3) is 0 Å². The molecule has 2 unspecified atom stereocenters. The number of rotatable bonds is 3. The molecule has 1 saturated heterocycles. The number of amides is 2. The lowest BCUT2D eigenvalue weighted by Gasteiger charge is -2.15. The van der Waals surface area contributed by atoms with Crippen LogP contribution < -0.4 is 0 Å². The summed E-state index contributed by atoms with van der Waals surface area (Å²) in [5.41, 5.74) is -0.0846. The molecule has 0 aromatic heterocycles. The number of piperidine rings is 1. The highest BCUT2D eigenvalue weighted by Crippen LogP contribution is 2.46. The lowest BCUT2D eigenvalue weighted by molar-refractivity contribution is -0.140. The number of ketones is 1. The van der Waals surface area contributed by atoms with Crippen LogP contribution in [0.2, 0.25) is 0 Å². The molecule has 5 heteroatoms. The van der Waals surface area contributed by atoms with Crippen LogP contribution in [0.15, 0.2) is 24.3 Å². The lowest BCUT2D eigenvalue weighted by atomic mass is 10.1. The van der Waals surface area contributed by atoms with Crippen molar-refractivity contribution in [2.45, 2.75) is 6.42 Å². The van der Waals surface area contributed by atoms with Crippen LogP contribution in [0, 0.1) is 17.7 Å². The SMILES string of the molecule is O=C(CN1C(=O)C2CC2C1=O)c1ccccc1F. The van der Waals surface area contributed by atoms with Gasteiger partial charge in [-0.1, -0.05) is 12.1 Å². The molecule has 2 amide bonds. The van der Waals surface area contributed by atoms with Gasteiger partial charge < -0.3 is 0 Å². The molecule has 2 aliphatic rings. The number of Topliss-reactive ketones (excluding diaryl/α,β-unsaturated/α-hetero) is 1. The van der Waals surface area contributed by atoms with Gasteiger partial charge in [-0.15, -0.1) is 0 Å². The number of carbonyl (C=O) groups excluding carboxylic acids is 3. The summed E-state index contributed by atoms with van der Waals surface area (Å²) >= 11 is 0. The van der Waals surface area contributed by atoms with Gasteiger partial charge in [0.25, 0.3) is 0 Å². The van der Waals surface area contributed by atoms with Crippen molar-refractivity contribution < 1.29 is 18.8 Å². The summed E-state index contributed by atoms with van der Waals surface area (Å²) in [4.78, 5) is 36.1. The third-order valence-electron chi connectivity index (χ3n) is 3.43. The summed E-state index contributed by atoms with van der Waals surface area (Å²) in [6.07, 6.45) is 0.599. The van der Waals surface area contributed by atoms with Gasteiger partial charge in [0.15, 0.2) is 5.78 Å². The molecule has 4 nitrogen and oxygen atoms in total. The van der Waals surface area contributed by atoms with E-state index >= 15 is 0 Å². The Morgan fingerprint density at radius 2 is 1.83 bits per heavy atom. The second-order valence-corrected chi connectivity index (χ2v) is 4.61. The van der Waals surface area contributed by atoms with Crippen LogP contribution in [-0.2, 0) is 9.59 Å². The highest BCUT2D eigenvalue weighted by atomic mass is 19.1. The molecule has 0 radical (unpaired) electrons. The Balaban J connectivity index is 1.78. The van der Waals surface area contributed by atoms with Crippen molar-refractivity contribution in [3.8, 4) is 0 Å². The average molecular weight is 247 g/mol. The van der Waals surface area contributed by atoms with Crippen LogP contribution in [0.5, 0.6) is 0 Å². The minimum Gasteiger partial charge on any atom is -0.292 e. The number of fused-ring (bicyclic) bond motifs is 1. The molecule has 0 spiro atoms. The zero-order chi connectivity index (χ0) is 12.9. The predicted molar refractivity (Wildman–Crippen MR) is 59.0 cm³/mol. The maximum atomic E-state index is 13.4. The fourth-order valence-corrected chi connectivity index (χ4v) is 2.32. The number of imide groups is 1. The molecule has 0 N–H and O–H groups in total. The Kier molecular flexibility index (Phi) is 2.29. The van der Waals surface area contributed by atoms with E-state index in [0.717, 1.165) is 4.90 Å². The van der Waals surface area contributed by atoms with E-state index in [1.807, 2.05) is 0 Å². The van der Waals surface area contributed by atoms with Crippen LogP contribution in [-0.4, -0.2) is 29.0 Å². The number of hydrogen-bond donors (Lipinski definition) is 0. The zero-order valence-electron chi connectivity index (χ0n) is 9.43. The quantitative estimate of drug-likeness (QED) is 0.591. The number of halogens is 1. The second kappa shape index (κ2) is 3.73. The van der Waals surface area contributed by atoms with Gasteiger partial charge in [-0.3, -0.25) is 19.3 Å². The van der Waals surface area contributed by atoms with Crippen LogP contribution in [0.4, 0.5) is 4.39 Å². The first-order valence-corrected chi connectivity index (χ1v) is 5.72. The first-order chi connectivity index (χ1) is 8.59. The molecule has 1 aromatic rings. The molecule has 1 aliphatic heterocycles. The molecule has 1 heterocycles. The van der Waals surface area contributed by atoms with Crippen LogP contribution >= 0.6 is 0 Å². The fourth-order valence-electron chi connectivity index (χ4n) is 2.32. The first-order valence-electron chi connectivity index (χ1n) is 5.72. The second-order valence-electron chi connectivity index (χ2n) is 4.61. The molecule has 1 saturated carbocycles. The summed E-state index contributed by atoms with van der Waals surface area (Å²) in [6.45, 7) is -0.356.